The molecule has 0 amide bonds. The van der Waals surface area contributed by atoms with Gasteiger partial charge in [-0.25, -0.2) is 4.39 Å². The molecular formula is C23H22F7NO. The maximum absolute atomic E-state index is 13.4. The van der Waals surface area contributed by atoms with Crippen molar-refractivity contribution in [1.29, 1.82) is 0 Å². The van der Waals surface area contributed by atoms with Crippen LogP contribution in [0.3, 0.4) is 0 Å². The zero-order valence-corrected chi connectivity index (χ0v) is 17.0. The maximum Gasteiger partial charge on any atom is 0.416 e. The molecule has 2 aromatic carbocycles. The number of rotatable bonds is 5. The maximum atomic E-state index is 13.4. The molecule has 0 radical (unpaired) electrons. The van der Waals surface area contributed by atoms with Gasteiger partial charge in [-0.3, -0.25) is 0 Å². The number of fused-ring (bicyclic) bond motifs is 2. The van der Waals surface area contributed by atoms with Crippen LogP contribution in [0.25, 0.3) is 0 Å². The number of nitrogens with one attached hydrogen (secondary N) is 1. The predicted octanol–water partition coefficient (Wildman–Crippen LogP) is 6.23. The van der Waals surface area contributed by atoms with Crippen LogP contribution in [0, 0.1) is 5.82 Å². The zero-order chi connectivity index (χ0) is 23.1. The Balaban J connectivity index is 1.51. The van der Waals surface area contributed by atoms with Gasteiger partial charge in [0.25, 0.3) is 0 Å². The lowest BCUT2D eigenvalue weighted by atomic mass is 9.80. The van der Waals surface area contributed by atoms with E-state index >= 15 is 0 Å². The summed E-state index contributed by atoms with van der Waals surface area (Å²) in [4.78, 5) is 0. The van der Waals surface area contributed by atoms with E-state index in [9.17, 15) is 30.7 Å². The first-order valence-corrected chi connectivity index (χ1v) is 10.4. The van der Waals surface area contributed by atoms with E-state index in [4.69, 9.17) is 4.74 Å². The Labute approximate surface area is 180 Å². The average molecular weight is 461 g/mol. The summed E-state index contributed by atoms with van der Waals surface area (Å²) >= 11 is 0. The predicted molar refractivity (Wildman–Crippen MR) is 103 cm³/mol. The number of halogens is 7. The molecule has 0 saturated carbocycles. The lowest BCUT2D eigenvalue weighted by Crippen LogP contribution is -2.54. The topological polar surface area (TPSA) is 21.3 Å². The first-order valence-electron chi connectivity index (χ1n) is 10.4. The second kappa shape index (κ2) is 8.33. The largest absolute Gasteiger partial charge is 0.416 e. The minimum absolute atomic E-state index is 0.0292. The molecule has 2 aromatic rings. The van der Waals surface area contributed by atoms with Crippen molar-refractivity contribution in [3.8, 4) is 0 Å². The van der Waals surface area contributed by atoms with Crippen LogP contribution in [0.2, 0.25) is 0 Å². The fourth-order valence-electron chi connectivity index (χ4n) is 4.85. The standard InChI is InChI=1S/C23H22F7NO/c24-18-3-1-15(2-4-18)21-9-7-19(31-21)5-6-20(21)32-10-8-14-11-16(22(25,26)27)13-17(12-14)23(28,29)30/h1-4,11-13,19-20,31H,5-10H2/t19-,20+,21+/m0/s1. The van der Waals surface area contributed by atoms with Gasteiger partial charge in [-0.1, -0.05) is 12.1 Å². The van der Waals surface area contributed by atoms with E-state index in [1.807, 2.05) is 0 Å². The molecule has 174 valence electrons. The molecule has 2 bridgehead atoms. The minimum atomic E-state index is -4.88. The van der Waals surface area contributed by atoms with Gasteiger partial charge in [0.1, 0.15) is 5.82 Å². The Morgan fingerprint density at radius 2 is 1.50 bits per heavy atom. The van der Waals surface area contributed by atoms with Crippen molar-refractivity contribution in [1.82, 2.24) is 5.32 Å². The van der Waals surface area contributed by atoms with Gasteiger partial charge in [-0.15, -0.1) is 0 Å². The van der Waals surface area contributed by atoms with Crippen LogP contribution < -0.4 is 5.32 Å². The number of hydrogen-bond donors (Lipinski definition) is 1. The number of ether oxygens (including phenoxy) is 1. The highest BCUT2D eigenvalue weighted by Crippen LogP contribution is 2.44. The molecule has 0 aromatic heterocycles. The highest BCUT2D eigenvalue weighted by Gasteiger charge is 2.50. The van der Waals surface area contributed by atoms with E-state index in [2.05, 4.69) is 5.32 Å². The number of piperidine rings is 1. The Kier molecular flexibility index (Phi) is 6.00. The SMILES string of the molecule is Fc1ccc([C@]23CC[C@H](CC[C@H]2OCCc2cc(C(F)(F)F)cc(C(F)(F)F)c2)N3)cc1. The molecule has 0 unspecified atom stereocenters. The molecule has 2 heterocycles. The van der Waals surface area contributed by atoms with Crippen LogP contribution in [-0.2, 0) is 29.0 Å². The molecule has 32 heavy (non-hydrogen) atoms. The normalized spacial score (nSPS) is 25.8. The molecule has 0 aliphatic carbocycles. The van der Waals surface area contributed by atoms with E-state index in [0.717, 1.165) is 37.0 Å². The second-order valence-electron chi connectivity index (χ2n) is 8.46. The summed E-state index contributed by atoms with van der Waals surface area (Å²) in [5, 5.41) is 3.55. The first-order chi connectivity index (χ1) is 15.0. The van der Waals surface area contributed by atoms with Crippen LogP contribution >= 0.6 is 0 Å². The Bertz CT molecular complexity index is 922. The molecule has 2 fully saturated rings. The summed E-state index contributed by atoms with van der Waals surface area (Å²) in [6.45, 7) is -0.0292. The van der Waals surface area contributed by atoms with E-state index in [1.54, 1.807) is 12.1 Å². The lowest BCUT2D eigenvalue weighted by Gasteiger charge is -2.42. The summed E-state index contributed by atoms with van der Waals surface area (Å²) in [6.07, 6.45) is -6.94. The van der Waals surface area contributed by atoms with Crippen molar-refractivity contribution in [2.24, 2.45) is 0 Å². The van der Waals surface area contributed by atoms with Crippen LogP contribution in [-0.4, -0.2) is 18.8 Å². The van der Waals surface area contributed by atoms with E-state index in [-0.39, 0.29) is 36.6 Å². The van der Waals surface area contributed by atoms with Crippen molar-refractivity contribution in [2.75, 3.05) is 6.61 Å². The summed E-state index contributed by atoms with van der Waals surface area (Å²) in [5.74, 6) is -0.363. The molecular weight excluding hydrogens is 439 g/mol. The van der Waals surface area contributed by atoms with Gasteiger partial charge in [0, 0.05) is 6.04 Å². The average Bonchev–Trinajstić information content (AvgIpc) is 3.07. The molecule has 2 aliphatic rings. The highest BCUT2D eigenvalue weighted by atomic mass is 19.4. The second-order valence-corrected chi connectivity index (χ2v) is 8.46. The summed E-state index contributed by atoms with van der Waals surface area (Å²) in [5.41, 5.74) is -2.42. The van der Waals surface area contributed by atoms with Gasteiger partial charge < -0.3 is 10.1 Å². The molecule has 2 aliphatic heterocycles. The third-order valence-electron chi connectivity index (χ3n) is 6.39. The first kappa shape index (κ1) is 23.0. The molecule has 1 N–H and O–H groups in total. The Morgan fingerprint density at radius 1 is 0.875 bits per heavy atom. The fraction of sp³-hybridized carbons (Fsp3) is 0.478. The minimum Gasteiger partial charge on any atom is -0.376 e. The van der Waals surface area contributed by atoms with Crippen molar-refractivity contribution >= 4 is 0 Å². The Hall–Kier alpha value is -2.13. The highest BCUT2D eigenvalue weighted by molar-refractivity contribution is 5.34. The van der Waals surface area contributed by atoms with Gasteiger partial charge in [0.05, 0.1) is 29.4 Å². The quantitative estimate of drug-likeness (QED) is 0.533. The van der Waals surface area contributed by atoms with E-state index in [1.165, 1.54) is 12.1 Å². The van der Waals surface area contributed by atoms with Gasteiger partial charge >= 0.3 is 12.4 Å². The third kappa shape index (κ3) is 4.64. The number of benzene rings is 2. The van der Waals surface area contributed by atoms with Gasteiger partial charge in [-0.2, -0.15) is 26.3 Å². The third-order valence-corrected chi connectivity index (χ3v) is 6.39. The molecule has 3 atom stereocenters. The van der Waals surface area contributed by atoms with Crippen molar-refractivity contribution in [2.45, 2.75) is 62.1 Å². The monoisotopic (exact) mass is 461 g/mol. The lowest BCUT2D eigenvalue weighted by molar-refractivity contribution is -0.143. The van der Waals surface area contributed by atoms with Gasteiger partial charge in [-0.05, 0) is 73.6 Å². The van der Waals surface area contributed by atoms with Crippen molar-refractivity contribution < 1.29 is 35.5 Å². The van der Waals surface area contributed by atoms with Crippen LogP contribution in [0.1, 0.15) is 47.9 Å². The zero-order valence-electron chi connectivity index (χ0n) is 17.0. The van der Waals surface area contributed by atoms with Crippen LogP contribution in [0.15, 0.2) is 42.5 Å². The summed E-state index contributed by atoms with van der Waals surface area (Å²) < 4.78 is 97.9. The van der Waals surface area contributed by atoms with Crippen LogP contribution in [0.5, 0.6) is 0 Å². The van der Waals surface area contributed by atoms with Gasteiger partial charge in [0.15, 0.2) is 0 Å². The fourth-order valence-corrected chi connectivity index (χ4v) is 4.85. The van der Waals surface area contributed by atoms with Crippen molar-refractivity contribution in [3.05, 3.63) is 70.5 Å². The summed E-state index contributed by atoms with van der Waals surface area (Å²) in [7, 11) is 0. The van der Waals surface area contributed by atoms with E-state index in [0.29, 0.717) is 12.5 Å². The molecule has 0 spiro atoms. The number of hydrogen-bond acceptors (Lipinski definition) is 2. The Morgan fingerprint density at radius 3 is 2.09 bits per heavy atom. The summed E-state index contributed by atoms with van der Waals surface area (Å²) in [6, 6.07) is 8.01. The van der Waals surface area contributed by atoms with E-state index < -0.39 is 29.0 Å². The smallest absolute Gasteiger partial charge is 0.376 e. The van der Waals surface area contributed by atoms with Gasteiger partial charge in [0.2, 0.25) is 0 Å². The molecule has 2 nitrogen and oxygen atoms in total. The molecule has 9 heteroatoms. The van der Waals surface area contributed by atoms with Crippen molar-refractivity contribution in [3.63, 3.8) is 0 Å². The molecule has 4 rings (SSSR count). The molecule has 2 saturated heterocycles. The van der Waals surface area contributed by atoms with Crippen LogP contribution in [0.4, 0.5) is 30.7 Å². The number of alkyl halides is 6.